The van der Waals surface area contributed by atoms with E-state index in [4.69, 9.17) is 28.7 Å². The number of rotatable bonds is 37. The zero-order valence-electron chi connectivity index (χ0n) is 48.1. The number of amides is 9. The number of aromatic nitrogens is 2. The number of carbonyl (C=O) groups excluding carboxylic acids is 9. The Morgan fingerprint density at radius 1 is 0.663 bits per heavy atom. The maximum Gasteiger partial charge on any atom is 0.323 e. The zero-order valence-corrected chi connectivity index (χ0v) is 48.1. The Morgan fingerprint density at radius 2 is 1.23 bits per heavy atom. The van der Waals surface area contributed by atoms with Gasteiger partial charge in [0.05, 0.1) is 37.7 Å². The molecule has 2 aromatic rings. The van der Waals surface area contributed by atoms with E-state index < -0.39 is 139 Å². The van der Waals surface area contributed by atoms with Gasteiger partial charge in [-0.25, -0.2) is 4.98 Å². The number of nitrogens with one attached hydrogen (secondary N) is 8. The van der Waals surface area contributed by atoms with Crippen LogP contribution in [0.25, 0.3) is 0 Å². The number of H-pyrrole nitrogens is 1. The molecule has 1 unspecified atom stereocenters. The van der Waals surface area contributed by atoms with E-state index in [9.17, 15) is 63.3 Å². The van der Waals surface area contributed by atoms with Gasteiger partial charge in [-0.15, -0.1) is 0 Å². The SMILES string of the molecule is CCC(C)[C@H](NC(=O)CN(CCCN=C(N)N)C(=O)CNC(=O)[C@@H](NC(=O)[C@@H](NC(=O)[C@H](Cc1cnc[nH]1)NC(=O)[C@@H](Cc1ccccc1)NC(=O)[C@H](C)NC(=O)[C@@H](N)CCCN=C(N)N)[C@@H](C)O)[C@@H](C)O)C(=O)N(CC(=O)O)CC(C)C. The molecule has 1 heterocycles. The van der Waals surface area contributed by atoms with Gasteiger partial charge in [-0.1, -0.05) is 64.4 Å². The molecule has 0 spiro atoms. The van der Waals surface area contributed by atoms with Gasteiger partial charge < -0.3 is 96.0 Å². The van der Waals surface area contributed by atoms with E-state index in [1.54, 1.807) is 58.0 Å². The van der Waals surface area contributed by atoms with Crippen molar-refractivity contribution in [3.05, 3.63) is 54.1 Å². The van der Waals surface area contributed by atoms with Crippen LogP contribution in [-0.2, 0) is 60.8 Å². The number of aliphatic imine (C=N–C) groups is 2. The van der Waals surface area contributed by atoms with E-state index in [0.717, 1.165) is 23.6 Å². The average molecular weight is 1170 g/mol. The minimum absolute atomic E-state index is 0.0255. The quantitative estimate of drug-likeness (QED) is 0.0170. The number of carboxylic acids is 1. The molecule has 0 aliphatic heterocycles. The topological polar surface area (TPSA) is 506 Å². The summed E-state index contributed by atoms with van der Waals surface area (Å²) in [6.07, 6.45) is 0.0492. The van der Waals surface area contributed by atoms with Crippen molar-refractivity contribution in [1.82, 2.24) is 57.0 Å². The Kier molecular flexibility index (Phi) is 30.7. The molecule has 0 fully saturated rings. The maximum atomic E-state index is 14.2. The van der Waals surface area contributed by atoms with Gasteiger partial charge in [0.15, 0.2) is 11.9 Å². The van der Waals surface area contributed by atoms with Gasteiger partial charge in [-0.05, 0) is 57.4 Å². The van der Waals surface area contributed by atoms with Crippen molar-refractivity contribution in [3.8, 4) is 0 Å². The minimum Gasteiger partial charge on any atom is -0.480 e. The number of hydrogen-bond donors (Lipinski definition) is 16. The van der Waals surface area contributed by atoms with Crippen LogP contribution in [0.2, 0.25) is 0 Å². The molecule has 2 rings (SSSR count). The molecule has 10 atom stereocenters. The summed E-state index contributed by atoms with van der Waals surface area (Å²) in [5.74, 6) is -10.1. The first kappa shape index (κ1) is 70.7. The molecule has 0 radical (unpaired) electrons. The predicted octanol–water partition coefficient (Wildman–Crippen LogP) is -5.51. The van der Waals surface area contributed by atoms with E-state index in [1.165, 1.54) is 19.4 Å². The normalized spacial score (nSPS) is 14.6. The number of aliphatic hydroxyl groups is 2. The number of aromatic amines is 1. The van der Waals surface area contributed by atoms with Crippen LogP contribution in [0.4, 0.5) is 0 Å². The summed E-state index contributed by atoms with van der Waals surface area (Å²) >= 11 is 0. The van der Waals surface area contributed by atoms with Crippen LogP contribution >= 0.6 is 0 Å². The van der Waals surface area contributed by atoms with Gasteiger partial charge in [-0.2, -0.15) is 0 Å². The molecule has 0 saturated heterocycles. The molecule has 0 saturated carbocycles. The highest BCUT2D eigenvalue weighted by molar-refractivity contribution is 5.98. The number of nitrogens with two attached hydrogens (primary N) is 5. The summed E-state index contributed by atoms with van der Waals surface area (Å²) in [5.41, 5.74) is 28.5. The number of carboxylic acid groups (broad SMARTS) is 1. The maximum absolute atomic E-state index is 14.2. The number of nitrogens with zero attached hydrogens (tertiary/aromatic N) is 5. The number of aliphatic hydroxyl groups excluding tert-OH is 2. The predicted molar refractivity (Wildman–Crippen MR) is 304 cm³/mol. The lowest BCUT2D eigenvalue weighted by Crippen LogP contribution is -2.62. The number of carbonyl (C=O) groups is 10. The summed E-state index contributed by atoms with van der Waals surface area (Å²) < 4.78 is 0. The van der Waals surface area contributed by atoms with Crippen LogP contribution in [0.1, 0.15) is 85.4 Å². The van der Waals surface area contributed by atoms with Crippen molar-refractivity contribution >= 4 is 71.1 Å². The lowest BCUT2D eigenvalue weighted by atomic mass is 9.97. The first-order valence-electron chi connectivity index (χ1n) is 27.2. The first-order valence-corrected chi connectivity index (χ1v) is 27.2. The molecular formula is C52H86N18O13. The second-order valence-corrected chi connectivity index (χ2v) is 20.5. The van der Waals surface area contributed by atoms with Crippen molar-refractivity contribution in [3.63, 3.8) is 0 Å². The second-order valence-electron chi connectivity index (χ2n) is 20.5. The molecule has 1 aromatic heterocycles. The third-order valence-corrected chi connectivity index (χ3v) is 12.7. The summed E-state index contributed by atoms with van der Waals surface area (Å²) in [6.45, 7) is 8.87. The largest absolute Gasteiger partial charge is 0.480 e. The highest BCUT2D eigenvalue weighted by Gasteiger charge is 2.37. The second kappa shape index (κ2) is 36.1. The molecular weight excluding hydrogens is 1080 g/mol. The number of aliphatic carboxylic acids is 1. The lowest BCUT2D eigenvalue weighted by Gasteiger charge is -2.31. The van der Waals surface area contributed by atoms with Crippen molar-refractivity contribution in [1.29, 1.82) is 0 Å². The number of hydrogen-bond acceptors (Lipinski definition) is 16. The van der Waals surface area contributed by atoms with E-state index >= 15 is 0 Å². The van der Waals surface area contributed by atoms with Gasteiger partial charge in [0, 0.05) is 50.9 Å². The number of benzene rings is 1. The minimum atomic E-state index is -1.85. The van der Waals surface area contributed by atoms with Crippen LogP contribution in [0, 0.1) is 11.8 Å². The Morgan fingerprint density at radius 3 is 1.78 bits per heavy atom. The van der Waals surface area contributed by atoms with Crippen LogP contribution in [-0.4, -0.2) is 206 Å². The Hall–Kier alpha value is -8.45. The van der Waals surface area contributed by atoms with Gasteiger partial charge in [0.2, 0.25) is 53.2 Å². The van der Waals surface area contributed by atoms with Crippen LogP contribution < -0.4 is 65.9 Å². The number of imidazole rings is 1. The third-order valence-electron chi connectivity index (χ3n) is 12.7. The van der Waals surface area contributed by atoms with Gasteiger partial charge in [0.25, 0.3) is 0 Å². The molecule has 462 valence electrons. The molecule has 0 bridgehead atoms. The van der Waals surface area contributed by atoms with Crippen molar-refractivity contribution in [2.45, 2.75) is 141 Å². The van der Waals surface area contributed by atoms with Crippen LogP contribution in [0.3, 0.4) is 0 Å². The molecule has 9 amide bonds. The molecule has 21 N–H and O–H groups in total. The third kappa shape index (κ3) is 26.3. The summed E-state index contributed by atoms with van der Waals surface area (Å²) in [7, 11) is 0. The summed E-state index contributed by atoms with van der Waals surface area (Å²) in [6, 6.07) is -1.44. The molecule has 0 aliphatic rings. The van der Waals surface area contributed by atoms with Gasteiger partial charge in [0.1, 0.15) is 42.8 Å². The smallest absolute Gasteiger partial charge is 0.323 e. The molecule has 0 aliphatic carbocycles. The standard InChI is InChI=1S/C52H86N18O13/c1-8-29(4)41(50(83)70(24-28(2)3)26-40(75)76)66-38(73)25-69(19-13-18-60-52(56)57)39(74)23-61-48(81)42(31(6)71)68-49(82)43(32(7)72)67-47(80)37(21-34-22-58-27-62-34)65-46(79)36(20-33-14-10-9-11-15-33)64-44(77)30(5)63-45(78)35(53)16-12-17-59-51(54)55/h9-11,14-15,22,27-32,35-37,41-43,71-72H,8,12-13,16-21,23-26,53H2,1-7H3,(H,58,62)(H,61,81)(H,63,78)(H,64,77)(H,65,79)(H,66,73)(H,67,80)(H,68,82)(H,75,76)(H4,54,55,59)(H4,56,57,60)/t29?,30-,31+,32+,35-,36+,37-,41-,42-,43-/m0/s1. The fourth-order valence-corrected chi connectivity index (χ4v) is 8.05. The first-order chi connectivity index (χ1) is 39.0. The van der Waals surface area contributed by atoms with Gasteiger partial charge in [-0.3, -0.25) is 57.9 Å². The highest BCUT2D eigenvalue weighted by Crippen LogP contribution is 2.14. The molecule has 1 aromatic carbocycles. The van der Waals surface area contributed by atoms with Crippen molar-refractivity contribution < 1.29 is 63.3 Å². The Balaban J connectivity index is 2.34. The van der Waals surface area contributed by atoms with E-state index in [0.29, 0.717) is 24.1 Å². The zero-order chi connectivity index (χ0) is 62.5. The van der Waals surface area contributed by atoms with Crippen LogP contribution in [0.15, 0.2) is 52.8 Å². The Labute approximate surface area is 481 Å². The fourth-order valence-electron chi connectivity index (χ4n) is 8.05. The summed E-state index contributed by atoms with van der Waals surface area (Å²) in [5, 5.41) is 48.5. The summed E-state index contributed by atoms with van der Waals surface area (Å²) in [4.78, 5) is 152. The molecule has 31 heteroatoms. The fraction of sp³-hybridized carbons (Fsp3) is 0.596. The average Bonchev–Trinajstić information content (AvgIpc) is 4.06. The highest BCUT2D eigenvalue weighted by atomic mass is 16.4. The van der Waals surface area contributed by atoms with E-state index in [2.05, 4.69) is 57.2 Å². The van der Waals surface area contributed by atoms with E-state index in [-0.39, 0.29) is 69.7 Å². The Bertz CT molecular complexity index is 2510. The van der Waals surface area contributed by atoms with Crippen molar-refractivity contribution in [2.75, 3.05) is 45.8 Å². The van der Waals surface area contributed by atoms with Crippen LogP contribution in [0.5, 0.6) is 0 Å². The lowest BCUT2D eigenvalue weighted by molar-refractivity contribution is -0.147. The van der Waals surface area contributed by atoms with E-state index in [1.807, 2.05) is 0 Å². The number of guanidine groups is 2. The monoisotopic (exact) mass is 1170 g/mol. The van der Waals surface area contributed by atoms with Crippen molar-refractivity contribution in [2.24, 2.45) is 50.5 Å². The molecule has 83 heavy (non-hydrogen) atoms. The molecule has 31 nitrogen and oxygen atoms in total. The van der Waals surface area contributed by atoms with Gasteiger partial charge >= 0.3 is 5.97 Å².